The summed E-state index contributed by atoms with van der Waals surface area (Å²) in [6, 6.07) is 0. The van der Waals surface area contributed by atoms with Gasteiger partial charge in [-0.1, -0.05) is 6.58 Å². The zero-order chi connectivity index (χ0) is 13.6. The van der Waals surface area contributed by atoms with Crippen LogP contribution < -0.4 is 0 Å². The summed E-state index contributed by atoms with van der Waals surface area (Å²) >= 11 is 0. The highest BCUT2D eigenvalue weighted by Gasteiger charge is 2.34. The summed E-state index contributed by atoms with van der Waals surface area (Å²) in [6.07, 6.45) is -5.22. The number of rotatable bonds is 7. The van der Waals surface area contributed by atoms with Crippen LogP contribution in [0.1, 0.15) is 6.92 Å². The predicted molar refractivity (Wildman–Crippen MR) is 55.9 cm³/mol. The van der Waals surface area contributed by atoms with Crippen molar-refractivity contribution in [2.75, 3.05) is 13.2 Å². The first kappa shape index (κ1) is 15.7. The highest BCUT2D eigenvalue weighted by molar-refractivity contribution is 5.92. The van der Waals surface area contributed by atoms with Crippen LogP contribution in [-0.2, 0) is 14.3 Å². The zero-order valence-corrected chi connectivity index (χ0v) is 9.37. The Balaban J connectivity index is 4.82. The lowest BCUT2D eigenvalue weighted by molar-refractivity contribution is -0.166. The quantitative estimate of drug-likeness (QED) is 0.296. The van der Waals surface area contributed by atoms with Gasteiger partial charge in [-0.15, -0.1) is 0 Å². The van der Waals surface area contributed by atoms with Crippen LogP contribution in [0.5, 0.6) is 0 Å². The largest absolute Gasteiger partial charge is 0.448 e. The van der Waals surface area contributed by atoms with Crippen molar-refractivity contribution in [3.05, 3.63) is 12.2 Å². The van der Waals surface area contributed by atoms with Crippen LogP contribution in [0.3, 0.4) is 0 Å². The number of aliphatic hydroxyl groups excluding tert-OH is 4. The summed E-state index contributed by atoms with van der Waals surface area (Å²) in [6.45, 7) is 2.82. The number of hydrogen-bond acceptors (Lipinski definition) is 7. The molecule has 0 rings (SSSR count). The minimum atomic E-state index is -1.82. The molecule has 0 fully saturated rings. The van der Waals surface area contributed by atoms with Gasteiger partial charge in [0.2, 0.25) is 5.78 Å². The summed E-state index contributed by atoms with van der Waals surface area (Å²) in [7, 11) is 0. The lowest BCUT2D eigenvalue weighted by atomic mass is 10.0. The number of carbonyl (C=O) groups is 2. The van der Waals surface area contributed by atoms with Gasteiger partial charge in [0.05, 0.1) is 6.61 Å². The van der Waals surface area contributed by atoms with E-state index in [9.17, 15) is 14.7 Å². The standard InChI is InChI=1S/C10H16O7/c1-5(2)10(16)17-9(7(14)4-12)8(15)6(13)3-11/h6,8-9,11-13,15H,1,3-4H2,2H3/t6-,8-,9-/m1/s1. The number of Topliss-reactive ketones (excluding diaryl/α,β-unsaturated/α-hetero) is 1. The van der Waals surface area contributed by atoms with Crippen molar-refractivity contribution in [1.29, 1.82) is 0 Å². The van der Waals surface area contributed by atoms with Crippen molar-refractivity contribution in [2.45, 2.75) is 25.2 Å². The topological polar surface area (TPSA) is 124 Å². The van der Waals surface area contributed by atoms with E-state index in [0.717, 1.165) is 0 Å². The molecule has 0 amide bonds. The van der Waals surface area contributed by atoms with E-state index in [1.165, 1.54) is 6.92 Å². The van der Waals surface area contributed by atoms with Crippen LogP contribution in [0.4, 0.5) is 0 Å². The summed E-state index contributed by atoms with van der Waals surface area (Å²) in [5.41, 5.74) is -0.00794. The van der Waals surface area contributed by atoms with Crippen LogP contribution in [0, 0.1) is 0 Å². The van der Waals surface area contributed by atoms with Crippen molar-refractivity contribution in [2.24, 2.45) is 0 Å². The molecular weight excluding hydrogens is 232 g/mol. The molecule has 0 heterocycles. The molecule has 0 bridgehead atoms. The molecular formula is C10H16O7. The summed E-state index contributed by atoms with van der Waals surface area (Å²) in [4.78, 5) is 22.4. The Morgan fingerprint density at radius 3 is 2.18 bits per heavy atom. The number of ether oxygens (including phenoxy) is 1. The Hall–Kier alpha value is -1.28. The summed E-state index contributed by atoms with van der Waals surface area (Å²) in [5.74, 6) is -1.93. The average Bonchev–Trinajstić information content (AvgIpc) is 2.32. The predicted octanol–water partition coefficient (Wildman–Crippen LogP) is -2.25. The SMILES string of the molecule is C=C(C)C(=O)O[C@H](C(=O)CO)[C@H](O)[C@H](O)CO. The second kappa shape index (κ2) is 7.13. The first-order valence-corrected chi connectivity index (χ1v) is 4.82. The molecule has 0 spiro atoms. The van der Waals surface area contributed by atoms with Crippen molar-refractivity contribution in [3.8, 4) is 0 Å². The van der Waals surface area contributed by atoms with Crippen molar-refractivity contribution >= 4 is 11.8 Å². The summed E-state index contributed by atoms with van der Waals surface area (Å²) < 4.78 is 4.58. The van der Waals surface area contributed by atoms with Gasteiger partial charge in [-0.2, -0.15) is 0 Å². The molecule has 7 nitrogen and oxygen atoms in total. The van der Waals surface area contributed by atoms with E-state index in [1.807, 2.05) is 0 Å². The van der Waals surface area contributed by atoms with E-state index in [1.54, 1.807) is 0 Å². The molecule has 7 heteroatoms. The van der Waals surface area contributed by atoms with Gasteiger partial charge in [-0.05, 0) is 6.92 Å². The molecule has 0 aliphatic carbocycles. The Kier molecular flexibility index (Phi) is 6.59. The normalized spacial score (nSPS) is 15.8. The molecule has 0 aliphatic rings. The zero-order valence-electron chi connectivity index (χ0n) is 9.37. The number of carbonyl (C=O) groups excluding carboxylic acids is 2. The third kappa shape index (κ3) is 4.61. The molecule has 0 aromatic heterocycles. The molecule has 0 unspecified atom stereocenters. The lowest BCUT2D eigenvalue weighted by Gasteiger charge is -2.24. The number of esters is 1. The average molecular weight is 248 g/mol. The van der Waals surface area contributed by atoms with E-state index in [0.29, 0.717) is 0 Å². The van der Waals surface area contributed by atoms with Crippen LogP contribution in [0.15, 0.2) is 12.2 Å². The fraction of sp³-hybridized carbons (Fsp3) is 0.600. The van der Waals surface area contributed by atoms with Crippen molar-refractivity contribution < 1.29 is 34.8 Å². The van der Waals surface area contributed by atoms with E-state index < -0.39 is 43.3 Å². The van der Waals surface area contributed by atoms with E-state index >= 15 is 0 Å². The molecule has 0 aromatic carbocycles. The molecule has 0 saturated carbocycles. The van der Waals surface area contributed by atoms with Crippen molar-refractivity contribution in [1.82, 2.24) is 0 Å². The molecule has 98 valence electrons. The van der Waals surface area contributed by atoms with E-state index in [2.05, 4.69) is 11.3 Å². The smallest absolute Gasteiger partial charge is 0.333 e. The fourth-order valence-electron chi connectivity index (χ4n) is 0.942. The summed E-state index contributed by atoms with van der Waals surface area (Å²) in [5, 5.41) is 35.9. The Labute approximate surface area is 97.9 Å². The monoisotopic (exact) mass is 248 g/mol. The fourth-order valence-corrected chi connectivity index (χ4v) is 0.942. The second-order valence-electron chi connectivity index (χ2n) is 3.47. The number of hydrogen-bond donors (Lipinski definition) is 4. The van der Waals surface area contributed by atoms with Gasteiger partial charge in [0.15, 0.2) is 6.10 Å². The minimum Gasteiger partial charge on any atom is -0.448 e. The molecule has 4 N–H and O–H groups in total. The maximum absolute atomic E-state index is 11.2. The third-order valence-electron chi connectivity index (χ3n) is 1.95. The molecule has 0 radical (unpaired) electrons. The molecule has 0 aromatic rings. The molecule has 0 aliphatic heterocycles. The van der Waals surface area contributed by atoms with Gasteiger partial charge < -0.3 is 25.2 Å². The Morgan fingerprint density at radius 2 is 1.82 bits per heavy atom. The maximum atomic E-state index is 11.2. The van der Waals surface area contributed by atoms with Gasteiger partial charge in [-0.3, -0.25) is 4.79 Å². The van der Waals surface area contributed by atoms with Gasteiger partial charge in [-0.25, -0.2) is 4.79 Å². The van der Waals surface area contributed by atoms with Crippen LogP contribution in [0.2, 0.25) is 0 Å². The van der Waals surface area contributed by atoms with E-state index in [4.69, 9.17) is 15.3 Å². The Bertz CT molecular complexity index is 299. The van der Waals surface area contributed by atoms with Crippen molar-refractivity contribution in [3.63, 3.8) is 0 Å². The number of ketones is 1. The second-order valence-corrected chi connectivity index (χ2v) is 3.47. The third-order valence-corrected chi connectivity index (χ3v) is 1.95. The minimum absolute atomic E-state index is 0.00794. The molecule has 17 heavy (non-hydrogen) atoms. The number of aliphatic hydroxyl groups is 4. The first-order chi connectivity index (χ1) is 7.84. The highest BCUT2D eigenvalue weighted by Crippen LogP contribution is 2.08. The first-order valence-electron chi connectivity index (χ1n) is 4.82. The lowest BCUT2D eigenvalue weighted by Crippen LogP contribution is -2.47. The van der Waals surface area contributed by atoms with Gasteiger partial charge in [0.25, 0.3) is 0 Å². The van der Waals surface area contributed by atoms with Gasteiger partial charge in [0.1, 0.15) is 18.8 Å². The van der Waals surface area contributed by atoms with E-state index in [-0.39, 0.29) is 5.57 Å². The van der Waals surface area contributed by atoms with Gasteiger partial charge in [0, 0.05) is 5.57 Å². The van der Waals surface area contributed by atoms with Crippen LogP contribution in [0.25, 0.3) is 0 Å². The van der Waals surface area contributed by atoms with Gasteiger partial charge >= 0.3 is 5.97 Å². The molecule has 3 atom stereocenters. The highest BCUT2D eigenvalue weighted by atomic mass is 16.6. The van der Waals surface area contributed by atoms with Crippen LogP contribution in [-0.4, -0.2) is 63.7 Å². The molecule has 0 saturated heterocycles. The van der Waals surface area contributed by atoms with Crippen LogP contribution >= 0.6 is 0 Å². The maximum Gasteiger partial charge on any atom is 0.333 e. The Morgan fingerprint density at radius 1 is 1.29 bits per heavy atom.